The van der Waals surface area contributed by atoms with E-state index in [4.69, 9.17) is 0 Å². The quantitative estimate of drug-likeness (QED) is 0.898. The Morgan fingerprint density at radius 1 is 1.33 bits per heavy atom. The normalized spacial score (nSPS) is 26.4. The summed E-state index contributed by atoms with van der Waals surface area (Å²) >= 11 is 0. The van der Waals surface area contributed by atoms with E-state index in [2.05, 4.69) is 43.4 Å². The van der Waals surface area contributed by atoms with Gasteiger partial charge in [0.2, 0.25) is 0 Å². The van der Waals surface area contributed by atoms with Crippen molar-refractivity contribution in [2.24, 2.45) is 5.92 Å². The molecular formula is C17H27N3O. The van der Waals surface area contributed by atoms with Crippen LogP contribution in [-0.4, -0.2) is 43.5 Å². The van der Waals surface area contributed by atoms with Crippen LogP contribution < -0.4 is 10.6 Å². The van der Waals surface area contributed by atoms with Gasteiger partial charge in [-0.3, -0.25) is 4.79 Å². The van der Waals surface area contributed by atoms with Crippen molar-refractivity contribution in [1.82, 2.24) is 10.2 Å². The molecule has 2 rings (SSSR count). The van der Waals surface area contributed by atoms with Crippen LogP contribution in [0.2, 0.25) is 0 Å². The number of rotatable bonds is 3. The van der Waals surface area contributed by atoms with E-state index in [-0.39, 0.29) is 5.91 Å². The summed E-state index contributed by atoms with van der Waals surface area (Å²) in [7, 11) is 3.85. The fourth-order valence-electron chi connectivity index (χ4n) is 3.05. The summed E-state index contributed by atoms with van der Waals surface area (Å²) in [5.41, 5.74) is 2.97. The third kappa shape index (κ3) is 3.56. The van der Waals surface area contributed by atoms with Gasteiger partial charge in [-0.25, -0.2) is 0 Å². The van der Waals surface area contributed by atoms with Gasteiger partial charge in [0.05, 0.1) is 0 Å². The van der Waals surface area contributed by atoms with Gasteiger partial charge in [0, 0.05) is 36.9 Å². The first-order valence-electron chi connectivity index (χ1n) is 7.72. The zero-order valence-corrected chi connectivity index (χ0v) is 13.7. The minimum absolute atomic E-state index is 0.0362. The van der Waals surface area contributed by atoms with Crippen molar-refractivity contribution >= 4 is 11.6 Å². The van der Waals surface area contributed by atoms with Crippen LogP contribution in [0, 0.1) is 12.8 Å². The fraction of sp³-hybridized carbons (Fsp3) is 0.588. The van der Waals surface area contributed by atoms with Crippen LogP contribution in [-0.2, 0) is 0 Å². The van der Waals surface area contributed by atoms with E-state index in [9.17, 15) is 4.79 Å². The average Bonchev–Trinajstić information content (AvgIpc) is 2.45. The molecule has 1 fully saturated rings. The maximum Gasteiger partial charge on any atom is 0.251 e. The molecule has 3 unspecified atom stereocenters. The number of carbonyl (C=O) groups is 1. The summed E-state index contributed by atoms with van der Waals surface area (Å²) in [6.45, 7) is 7.75. The Morgan fingerprint density at radius 2 is 2.05 bits per heavy atom. The third-order valence-corrected chi connectivity index (χ3v) is 4.67. The van der Waals surface area contributed by atoms with Crippen LogP contribution >= 0.6 is 0 Å². The Labute approximate surface area is 127 Å². The van der Waals surface area contributed by atoms with E-state index < -0.39 is 0 Å². The molecule has 4 heteroatoms. The molecular weight excluding hydrogens is 262 g/mol. The van der Waals surface area contributed by atoms with Crippen LogP contribution in [0.5, 0.6) is 0 Å². The number of carbonyl (C=O) groups excluding carboxylic acids is 1. The van der Waals surface area contributed by atoms with E-state index in [1.54, 1.807) is 7.05 Å². The Balaban J connectivity index is 2.11. The highest BCUT2D eigenvalue weighted by Crippen LogP contribution is 2.26. The van der Waals surface area contributed by atoms with Crippen LogP contribution in [0.15, 0.2) is 18.2 Å². The Hall–Kier alpha value is -1.55. The predicted octanol–water partition coefficient (Wildman–Crippen LogP) is 2.50. The molecule has 1 aliphatic heterocycles. The molecule has 0 saturated carbocycles. The van der Waals surface area contributed by atoms with Gasteiger partial charge >= 0.3 is 0 Å². The molecule has 0 radical (unpaired) electrons. The van der Waals surface area contributed by atoms with Crippen molar-refractivity contribution in [2.75, 3.05) is 26.0 Å². The lowest BCUT2D eigenvalue weighted by Gasteiger charge is -2.40. The second-order valence-corrected chi connectivity index (χ2v) is 6.36. The second kappa shape index (κ2) is 6.48. The van der Waals surface area contributed by atoms with E-state index in [0.717, 1.165) is 24.2 Å². The average molecular weight is 289 g/mol. The highest BCUT2D eigenvalue weighted by atomic mass is 16.1. The molecule has 21 heavy (non-hydrogen) atoms. The van der Waals surface area contributed by atoms with Crippen molar-refractivity contribution < 1.29 is 4.79 Å². The summed E-state index contributed by atoms with van der Waals surface area (Å²) in [5.74, 6) is 0.579. The maximum absolute atomic E-state index is 11.7. The number of amides is 1. The molecule has 116 valence electrons. The molecule has 0 spiro atoms. The first-order valence-corrected chi connectivity index (χ1v) is 7.72. The molecule has 2 N–H and O–H groups in total. The zero-order valence-electron chi connectivity index (χ0n) is 13.7. The highest BCUT2D eigenvalue weighted by molar-refractivity contribution is 5.94. The van der Waals surface area contributed by atoms with Crippen molar-refractivity contribution in [1.29, 1.82) is 0 Å². The van der Waals surface area contributed by atoms with Gasteiger partial charge < -0.3 is 15.5 Å². The van der Waals surface area contributed by atoms with Gasteiger partial charge in [0.15, 0.2) is 0 Å². The number of hydrogen-bond acceptors (Lipinski definition) is 3. The number of anilines is 1. The van der Waals surface area contributed by atoms with E-state index in [1.165, 1.54) is 0 Å². The molecule has 1 saturated heterocycles. The summed E-state index contributed by atoms with van der Waals surface area (Å²) in [6.07, 6.45) is 1.15. The Kier molecular flexibility index (Phi) is 4.88. The van der Waals surface area contributed by atoms with Crippen molar-refractivity contribution in [3.8, 4) is 0 Å². The molecule has 1 aromatic rings. The summed E-state index contributed by atoms with van der Waals surface area (Å²) < 4.78 is 0. The van der Waals surface area contributed by atoms with Crippen LogP contribution in [0.1, 0.15) is 36.2 Å². The molecule has 1 aliphatic rings. The first-order chi connectivity index (χ1) is 9.92. The number of aryl methyl sites for hydroxylation is 1. The lowest BCUT2D eigenvalue weighted by molar-refractivity contribution is 0.0963. The minimum Gasteiger partial charge on any atom is -0.382 e. The number of piperidine rings is 1. The van der Waals surface area contributed by atoms with Gasteiger partial charge in [-0.1, -0.05) is 6.92 Å². The predicted molar refractivity (Wildman–Crippen MR) is 87.9 cm³/mol. The Bertz CT molecular complexity index is 515. The standard InChI is InChI=1S/C17H27N3O/c1-11-8-14(17(21)18-4)6-7-15(11)19-16-9-13(3)20(5)10-12(16)2/h6-8,12-13,16,19H,9-10H2,1-5H3,(H,18,21). The monoisotopic (exact) mass is 289 g/mol. The largest absolute Gasteiger partial charge is 0.382 e. The second-order valence-electron chi connectivity index (χ2n) is 6.36. The molecule has 0 aromatic heterocycles. The summed E-state index contributed by atoms with van der Waals surface area (Å²) in [4.78, 5) is 14.1. The maximum atomic E-state index is 11.7. The lowest BCUT2D eigenvalue weighted by Crippen LogP contribution is -2.48. The van der Waals surface area contributed by atoms with E-state index in [0.29, 0.717) is 23.6 Å². The highest BCUT2D eigenvalue weighted by Gasteiger charge is 2.28. The molecule has 3 atom stereocenters. The van der Waals surface area contributed by atoms with Gasteiger partial charge in [-0.2, -0.15) is 0 Å². The van der Waals surface area contributed by atoms with Crippen LogP contribution in [0.4, 0.5) is 5.69 Å². The number of nitrogens with zero attached hydrogens (tertiary/aromatic N) is 1. The molecule has 1 aromatic carbocycles. The van der Waals surface area contributed by atoms with Crippen molar-refractivity contribution in [3.05, 3.63) is 29.3 Å². The number of hydrogen-bond donors (Lipinski definition) is 2. The van der Waals surface area contributed by atoms with Crippen molar-refractivity contribution in [2.45, 2.75) is 39.3 Å². The molecule has 1 heterocycles. The van der Waals surface area contributed by atoms with Gasteiger partial charge in [0.25, 0.3) is 5.91 Å². The minimum atomic E-state index is -0.0362. The third-order valence-electron chi connectivity index (χ3n) is 4.67. The van der Waals surface area contributed by atoms with Gasteiger partial charge in [-0.15, -0.1) is 0 Å². The molecule has 0 bridgehead atoms. The summed E-state index contributed by atoms with van der Waals surface area (Å²) in [6, 6.07) is 6.95. The van der Waals surface area contributed by atoms with E-state index in [1.807, 2.05) is 18.2 Å². The number of benzene rings is 1. The number of likely N-dealkylation sites (tertiary alicyclic amines) is 1. The summed E-state index contributed by atoms with van der Waals surface area (Å²) in [5, 5.41) is 6.34. The smallest absolute Gasteiger partial charge is 0.251 e. The first kappa shape index (κ1) is 15.8. The van der Waals surface area contributed by atoms with E-state index >= 15 is 0 Å². The zero-order chi connectivity index (χ0) is 15.6. The molecule has 0 aliphatic carbocycles. The van der Waals surface area contributed by atoms with Gasteiger partial charge in [0.1, 0.15) is 0 Å². The molecule has 1 amide bonds. The van der Waals surface area contributed by atoms with Crippen LogP contribution in [0.25, 0.3) is 0 Å². The fourth-order valence-corrected chi connectivity index (χ4v) is 3.05. The van der Waals surface area contributed by atoms with Gasteiger partial charge in [-0.05, 0) is 57.0 Å². The number of nitrogens with one attached hydrogen (secondary N) is 2. The van der Waals surface area contributed by atoms with Crippen LogP contribution in [0.3, 0.4) is 0 Å². The SMILES string of the molecule is CNC(=O)c1ccc(NC2CC(C)N(C)CC2C)c(C)c1. The molecule has 4 nitrogen and oxygen atoms in total. The topological polar surface area (TPSA) is 44.4 Å². The Morgan fingerprint density at radius 3 is 2.67 bits per heavy atom. The van der Waals surface area contributed by atoms with Crippen molar-refractivity contribution in [3.63, 3.8) is 0 Å². The lowest BCUT2D eigenvalue weighted by atomic mass is 9.89.